The van der Waals surface area contributed by atoms with Crippen LogP contribution in [0.25, 0.3) is 0 Å². The van der Waals surface area contributed by atoms with Crippen molar-refractivity contribution in [2.75, 3.05) is 12.3 Å². The van der Waals surface area contributed by atoms with Gasteiger partial charge in [0.1, 0.15) is 0 Å². The minimum absolute atomic E-state index is 0.227. The molecule has 1 aromatic rings. The fraction of sp³-hybridized carbons (Fsp3) is 0.500. The summed E-state index contributed by atoms with van der Waals surface area (Å²) in [5, 5.41) is 3.32. The predicted molar refractivity (Wildman–Crippen MR) is 69.4 cm³/mol. The average molecular weight is 224 g/mol. The molecule has 0 saturated carbocycles. The third kappa shape index (κ3) is 5.21. The van der Waals surface area contributed by atoms with E-state index in [-0.39, 0.29) is 6.04 Å². The van der Waals surface area contributed by atoms with Gasteiger partial charge in [0.15, 0.2) is 0 Å². The van der Waals surface area contributed by atoms with Crippen molar-refractivity contribution in [1.29, 1.82) is 0 Å². The smallest absolute Gasteiger partial charge is 0.0205 e. The van der Waals surface area contributed by atoms with Crippen LogP contribution < -0.4 is 11.1 Å². The molecule has 0 aliphatic carbocycles. The van der Waals surface area contributed by atoms with Gasteiger partial charge in [0.05, 0.1) is 0 Å². The Bertz CT molecular complexity index is 287. The van der Waals surface area contributed by atoms with E-state index in [4.69, 9.17) is 5.73 Å². The average Bonchev–Trinajstić information content (AvgIpc) is 2.18. The van der Waals surface area contributed by atoms with Gasteiger partial charge in [-0.1, -0.05) is 24.3 Å². The predicted octanol–water partition coefficient (Wildman–Crippen LogP) is 1.60. The van der Waals surface area contributed by atoms with Crippen LogP contribution in [0.15, 0.2) is 24.3 Å². The molecule has 1 rings (SSSR count). The minimum Gasteiger partial charge on any atom is -0.328 e. The SMILES string of the molecule is CC(N)Cc1cccc(CNCCS)c1. The highest BCUT2D eigenvalue weighted by atomic mass is 32.1. The molecule has 0 bridgehead atoms. The molecule has 0 radical (unpaired) electrons. The first-order valence-corrected chi connectivity index (χ1v) is 6.00. The van der Waals surface area contributed by atoms with Crippen LogP contribution in [0.1, 0.15) is 18.1 Å². The summed E-state index contributed by atoms with van der Waals surface area (Å²) < 4.78 is 0. The van der Waals surface area contributed by atoms with Crippen LogP contribution in [0.4, 0.5) is 0 Å². The maximum absolute atomic E-state index is 5.77. The maximum Gasteiger partial charge on any atom is 0.0205 e. The molecule has 0 aromatic heterocycles. The molecule has 0 saturated heterocycles. The monoisotopic (exact) mass is 224 g/mol. The van der Waals surface area contributed by atoms with E-state index in [1.54, 1.807) is 0 Å². The number of benzene rings is 1. The Morgan fingerprint density at radius 3 is 2.80 bits per heavy atom. The molecule has 84 valence electrons. The van der Waals surface area contributed by atoms with Gasteiger partial charge in [-0.05, 0) is 24.5 Å². The second-order valence-electron chi connectivity index (χ2n) is 3.90. The highest BCUT2D eigenvalue weighted by Gasteiger charge is 1.99. The molecule has 3 N–H and O–H groups in total. The Kier molecular flexibility index (Phi) is 5.76. The van der Waals surface area contributed by atoms with Gasteiger partial charge in [-0.2, -0.15) is 12.6 Å². The lowest BCUT2D eigenvalue weighted by atomic mass is 10.0. The fourth-order valence-corrected chi connectivity index (χ4v) is 1.71. The molecule has 3 heteroatoms. The summed E-state index contributed by atoms with van der Waals surface area (Å²) in [7, 11) is 0. The Morgan fingerprint density at radius 2 is 2.13 bits per heavy atom. The zero-order valence-corrected chi connectivity index (χ0v) is 10.1. The number of nitrogens with one attached hydrogen (secondary N) is 1. The molecule has 2 nitrogen and oxygen atoms in total. The van der Waals surface area contributed by atoms with Crippen molar-refractivity contribution < 1.29 is 0 Å². The largest absolute Gasteiger partial charge is 0.328 e. The van der Waals surface area contributed by atoms with E-state index < -0.39 is 0 Å². The summed E-state index contributed by atoms with van der Waals surface area (Å²) >= 11 is 4.15. The molecular weight excluding hydrogens is 204 g/mol. The normalized spacial score (nSPS) is 12.7. The third-order valence-electron chi connectivity index (χ3n) is 2.17. The lowest BCUT2D eigenvalue weighted by molar-refractivity contribution is 0.721. The van der Waals surface area contributed by atoms with Gasteiger partial charge < -0.3 is 11.1 Å². The molecule has 0 spiro atoms. The lowest BCUT2D eigenvalue weighted by Crippen LogP contribution is -2.18. The van der Waals surface area contributed by atoms with Gasteiger partial charge in [0.25, 0.3) is 0 Å². The second-order valence-corrected chi connectivity index (χ2v) is 4.35. The van der Waals surface area contributed by atoms with Gasteiger partial charge in [-0.25, -0.2) is 0 Å². The highest BCUT2D eigenvalue weighted by Crippen LogP contribution is 2.07. The van der Waals surface area contributed by atoms with Crippen molar-refractivity contribution >= 4 is 12.6 Å². The Hall–Kier alpha value is -0.510. The standard InChI is InChI=1S/C12H20N2S/c1-10(13)7-11-3-2-4-12(8-11)9-14-5-6-15/h2-4,8,10,14-15H,5-7,9,13H2,1H3. The molecule has 1 aromatic carbocycles. The first-order chi connectivity index (χ1) is 7.22. The summed E-state index contributed by atoms with van der Waals surface area (Å²) in [6, 6.07) is 8.80. The van der Waals surface area contributed by atoms with Gasteiger partial charge >= 0.3 is 0 Å². The van der Waals surface area contributed by atoms with E-state index in [1.165, 1.54) is 11.1 Å². The third-order valence-corrected chi connectivity index (χ3v) is 2.39. The van der Waals surface area contributed by atoms with Crippen LogP contribution in [0.3, 0.4) is 0 Å². The number of nitrogens with two attached hydrogens (primary N) is 1. The number of hydrogen-bond acceptors (Lipinski definition) is 3. The molecule has 0 aliphatic rings. The number of thiol groups is 1. The van der Waals surface area contributed by atoms with Crippen LogP contribution >= 0.6 is 12.6 Å². The van der Waals surface area contributed by atoms with Crippen LogP contribution in [0, 0.1) is 0 Å². The van der Waals surface area contributed by atoms with Crippen LogP contribution in [-0.2, 0) is 13.0 Å². The van der Waals surface area contributed by atoms with Crippen molar-refractivity contribution in [1.82, 2.24) is 5.32 Å². The zero-order chi connectivity index (χ0) is 11.1. The molecule has 0 amide bonds. The molecule has 0 heterocycles. The minimum atomic E-state index is 0.227. The van der Waals surface area contributed by atoms with E-state index in [2.05, 4.69) is 42.2 Å². The second kappa shape index (κ2) is 6.88. The topological polar surface area (TPSA) is 38.0 Å². The quantitative estimate of drug-likeness (QED) is 0.507. The van der Waals surface area contributed by atoms with Crippen molar-refractivity contribution in [3.05, 3.63) is 35.4 Å². The number of hydrogen-bond donors (Lipinski definition) is 3. The summed E-state index contributed by atoms with van der Waals surface area (Å²) in [4.78, 5) is 0. The summed E-state index contributed by atoms with van der Waals surface area (Å²) in [5.41, 5.74) is 8.40. The summed E-state index contributed by atoms with van der Waals surface area (Å²) in [6.07, 6.45) is 0.945. The summed E-state index contributed by atoms with van der Waals surface area (Å²) in [6.45, 7) is 3.89. The van der Waals surface area contributed by atoms with Gasteiger partial charge in [0.2, 0.25) is 0 Å². The first-order valence-electron chi connectivity index (χ1n) is 5.37. The molecule has 0 aliphatic heterocycles. The van der Waals surface area contributed by atoms with E-state index in [9.17, 15) is 0 Å². The fourth-order valence-electron chi connectivity index (χ4n) is 1.55. The van der Waals surface area contributed by atoms with Crippen LogP contribution in [-0.4, -0.2) is 18.3 Å². The van der Waals surface area contributed by atoms with Crippen molar-refractivity contribution in [2.24, 2.45) is 5.73 Å². The van der Waals surface area contributed by atoms with Gasteiger partial charge in [0, 0.05) is 24.9 Å². The van der Waals surface area contributed by atoms with E-state index in [1.807, 2.05) is 6.92 Å². The van der Waals surface area contributed by atoms with E-state index in [0.717, 1.165) is 25.3 Å². The molecule has 15 heavy (non-hydrogen) atoms. The molecule has 0 fully saturated rings. The van der Waals surface area contributed by atoms with E-state index in [0.29, 0.717) is 0 Å². The molecular formula is C12H20N2S. The lowest BCUT2D eigenvalue weighted by Gasteiger charge is -2.08. The van der Waals surface area contributed by atoms with Crippen molar-refractivity contribution in [2.45, 2.75) is 25.9 Å². The first kappa shape index (κ1) is 12.6. The summed E-state index contributed by atoms with van der Waals surface area (Å²) in [5.74, 6) is 0.875. The Morgan fingerprint density at radius 1 is 1.40 bits per heavy atom. The van der Waals surface area contributed by atoms with Crippen LogP contribution in [0.5, 0.6) is 0 Å². The van der Waals surface area contributed by atoms with E-state index >= 15 is 0 Å². The molecule has 1 unspecified atom stereocenters. The maximum atomic E-state index is 5.77. The van der Waals surface area contributed by atoms with Gasteiger partial charge in [-0.15, -0.1) is 0 Å². The van der Waals surface area contributed by atoms with Gasteiger partial charge in [-0.3, -0.25) is 0 Å². The van der Waals surface area contributed by atoms with Crippen LogP contribution in [0.2, 0.25) is 0 Å². The Balaban J connectivity index is 2.50. The van der Waals surface area contributed by atoms with Crippen molar-refractivity contribution in [3.63, 3.8) is 0 Å². The molecule has 1 atom stereocenters. The Labute approximate surface area is 97.7 Å². The van der Waals surface area contributed by atoms with Crippen molar-refractivity contribution in [3.8, 4) is 0 Å². The number of rotatable bonds is 6. The zero-order valence-electron chi connectivity index (χ0n) is 9.24. The highest BCUT2D eigenvalue weighted by molar-refractivity contribution is 7.80.